The van der Waals surface area contributed by atoms with Gasteiger partial charge in [-0.25, -0.2) is 0 Å². The van der Waals surface area contributed by atoms with Crippen molar-refractivity contribution in [2.75, 3.05) is 42.6 Å². The van der Waals surface area contributed by atoms with Crippen molar-refractivity contribution >= 4 is 33.2 Å². The zero-order valence-electron chi connectivity index (χ0n) is 11.6. The van der Waals surface area contributed by atoms with Gasteiger partial charge in [0.15, 0.2) is 0 Å². The molecule has 2 saturated heterocycles. The van der Waals surface area contributed by atoms with E-state index in [0.29, 0.717) is 6.42 Å². The zero-order chi connectivity index (χ0) is 14.1. The monoisotopic (exact) mass is 338 g/mol. The van der Waals surface area contributed by atoms with Gasteiger partial charge in [0.1, 0.15) is 0 Å². The first-order chi connectivity index (χ1) is 9.65. The van der Waals surface area contributed by atoms with Gasteiger partial charge >= 0.3 is 0 Å². The van der Waals surface area contributed by atoms with Crippen LogP contribution in [0.15, 0.2) is 18.2 Å². The Kier molecular flexibility index (Phi) is 3.98. The van der Waals surface area contributed by atoms with Gasteiger partial charge in [0.05, 0.1) is 13.2 Å². The fourth-order valence-corrected chi connectivity index (χ4v) is 3.42. The predicted molar refractivity (Wildman–Crippen MR) is 83.9 cm³/mol. The van der Waals surface area contributed by atoms with Crippen molar-refractivity contribution in [3.8, 4) is 0 Å². The number of ether oxygens (including phenoxy) is 1. The molecule has 1 amide bonds. The van der Waals surface area contributed by atoms with E-state index in [1.54, 1.807) is 0 Å². The summed E-state index contributed by atoms with van der Waals surface area (Å²) in [6.45, 7) is 6.29. The maximum absolute atomic E-state index is 12.0. The summed E-state index contributed by atoms with van der Waals surface area (Å²) in [5, 5.41) is 0. The van der Waals surface area contributed by atoms with Crippen LogP contribution in [0.1, 0.15) is 12.0 Å². The van der Waals surface area contributed by atoms with Crippen LogP contribution in [0.25, 0.3) is 0 Å². The lowest BCUT2D eigenvalue weighted by Crippen LogP contribution is -2.36. The predicted octanol–water partition coefficient (Wildman–Crippen LogP) is 2.33. The number of rotatable bonds is 2. The zero-order valence-corrected chi connectivity index (χ0v) is 13.2. The highest BCUT2D eigenvalue weighted by Crippen LogP contribution is 2.30. The Labute approximate surface area is 127 Å². The Bertz CT molecular complexity index is 515. The third-order valence-electron chi connectivity index (χ3n) is 3.93. The molecule has 5 heteroatoms. The molecule has 0 spiro atoms. The van der Waals surface area contributed by atoms with Crippen molar-refractivity contribution < 1.29 is 9.53 Å². The molecule has 3 rings (SSSR count). The van der Waals surface area contributed by atoms with Gasteiger partial charge in [0.2, 0.25) is 5.91 Å². The number of benzene rings is 1. The van der Waals surface area contributed by atoms with E-state index < -0.39 is 0 Å². The molecule has 20 heavy (non-hydrogen) atoms. The average Bonchev–Trinajstić information content (AvgIpc) is 2.78. The number of hydrogen-bond acceptors (Lipinski definition) is 3. The van der Waals surface area contributed by atoms with Crippen LogP contribution in [0.2, 0.25) is 0 Å². The first kappa shape index (κ1) is 13.9. The van der Waals surface area contributed by atoms with E-state index in [4.69, 9.17) is 4.74 Å². The number of nitrogens with zero attached hydrogens (tertiary/aromatic N) is 2. The van der Waals surface area contributed by atoms with E-state index in [1.165, 1.54) is 5.69 Å². The van der Waals surface area contributed by atoms with Gasteiger partial charge in [-0.3, -0.25) is 4.79 Å². The number of amides is 1. The van der Waals surface area contributed by atoms with Gasteiger partial charge in [-0.1, -0.05) is 15.9 Å². The third kappa shape index (κ3) is 2.69. The summed E-state index contributed by atoms with van der Waals surface area (Å²) in [4.78, 5) is 16.5. The molecule has 1 aromatic rings. The standard InChI is InChI=1S/C15H19BrN2O2/c1-11-8-13(17-4-6-20-7-5-17)2-3-14(11)18-10-12(16)9-15(18)19/h2-3,8,12H,4-7,9-10H2,1H3. The second-order valence-corrected chi connectivity index (χ2v) is 6.67. The van der Waals surface area contributed by atoms with Crippen molar-refractivity contribution in [2.45, 2.75) is 18.2 Å². The lowest BCUT2D eigenvalue weighted by Gasteiger charge is -2.30. The topological polar surface area (TPSA) is 32.8 Å². The van der Waals surface area contributed by atoms with Gasteiger partial charge in [-0.05, 0) is 30.7 Å². The number of morpholine rings is 1. The van der Waals surface area contributed by atoms with Crippen LogP contribution in [-0.2, 0) is 9.53 Å². The van der Waals surface area contributed by atoms with Crippen LogP contribution >= 0.6 is 15.9 Å². The molecular weight excluding hydrogens is 320 g/mol. The third-order valence-corrected chi connectivity index (χ3v) is 4.54. The maximum Gasteiger partial charge on any atom is 0.228 e. The molecule has 0 aromatic heterocycles. The summed E-state index contributed by atoms with van der Waals surface area (Å²) in [7, 11) is 0. The summed E-state index contributed by atoms with van der Waals surface area (Å²) in [6.07, 6.45) is 0.588. The SMILES string of the molecule is Cc1cc(N2CCOCC2)ccc1N1CC(Br)CC1=O. The molecule has 2 heterocycles. The fraction of sp³-hybridized carbons (Fsp3) is 0.533. The lowest BCUT2D eigenvalue weighted by atomic mass is 10.1. The number of aryl methyl sites for hydroxylation is 1. The normalized spacial score (nSPS) is 23.5. The van der Waals surface area contributed by atoms with Crippen molar-refractivity contribution in [3.63, 3.8) is 0 Å². The lowest BCUT2D eigenvalue weighted by molar-refractivity contribution is -0.117. The number of carbonyl (C=O) groups is 1. The van der Waals surface area contributed by atoms with Crippen LogP contribution in [0, 0.1) is 6.92 Å². The van der Waals surface area contributed by atoms with E-state index in [0.717, 1.165) is 44.1 Å². The molecule has 108 valence electrons. The van der Waals surface area contributed by atoms with E-state index in [-0.39, 0.29) is 10.7 Å². The Hall–Kier alpha value is -1.07. The molecule has 1 aromatic carbocycles. The Morgan fingerprint density at radius 1 is 1.30 bits per heavy atom. The molecule has 0 aliphatic carbocycles. The first-order valence-electron chi connectivity index (χ1n) is 7.03. The number of carbonyl (C=O) groups excluding carboxylic acids is 1. The molecule has 0 bridgehead atoms. The Morgan fingerprint density at radius 3 is 2.65 bits per heavy atom. The number of alkyl halides is 1. The van der Waals surface area contributed by atoms with Gasteiger partial charge < -0.3 is 14.5 Å². The highest BCUT2D eigenvalue weighted by Gasteiger charge is 2.29. The quantitative estimate of drug-likeness (QED) is 0.776. The van der Waals surface area contributed by atoms with Gasteiger partial charge in [-0.2, -0.15) is 0 Å². The summed E-state index contributed by atoms with van der Waals surface area (Å²) in [6, 6.07) is 6.36. The number of halogens is 1. The molecule has 1 unspecified atom stereocenters. The summed E-state index contributed by atoms with van der Waals surface area (Å²) in [5.74, 6) is 0.203. The van der Waals surface area contributed by atoms with Gasteiger partial charge in [0.25, 0.3) is 0 Å². The molecule has 2 aliphatic heterocycles. The molecule has 0 saturated carbocycles. The second-order valence-electron chi connectivity index (χ2n) is 5.38. The Morgan fingerprint density at radius 2 is 2.05 bits per heavy atom. The largest absolute Gasteiger partial charge is 0.378 e. The highest BCUT2D eigenvalue weighted by molar-refractivity contribution is 9.09. The first-order valence-corrected chi connectivity index (χ1v) is 7.94. The highest BCUT2D eigenvalue weighted by atomic mass is 79.9. The van der Waals surface area contributed by atoms with E-state index in [9.17, 15) is 4.79 Å². The molecule has 0 radical (unpaired) electrons. The maximum atomic E-state index is 12.0. The van der Waals surface area contributed by atoms with Gasteiger partial charge in [-0.15, -0.1) is 0 Å². The minimum absolute atomic E-state index is 0.203. The van der Waals surface area contributed by atoms with Crippen molar-refractivity contribution in [2.24, 2.45) is 0 Å². The molecule has 2 fully saturated rings. The van der Waals surface area contributed by atoms with Crippen LogP contribution in [-0.4, -0.2) is 43.6 Å². The summed E-state index contributed by atoms with van der Waals surface area (Å²) < 4.78 is 5.38. The molecule has 2 aliphatic rings. The van der Waals surface area contributed by atoms with E-state index in [1.807, 2.05) is 4.90 Å². The van der Waals surface area contributed by atoms with Crippen molar-refractivity contribution in [3.05, 3.63) is 23.8 Å². The molecule has 0 N–H and O–H groups in total. The minimum Gasteiger partial charge on any atom is -0.378 e. The molecule has 1 atom stereocenters. The smallest absolute Gasteiger partial charge is 0.228 e. The molecule has 4 nitrogen and oxygen atoms in total. The Balaban J connectivity index is 1.82. The fourth-order valence-electron chi connectivity index (χ4n) is 2.86. The van der Waals surface area contributed by atoms with E-state index in [2.05, 4.69) is 46.0 Å². The van der Waals surface area contributed by atoms with Gasteiger partial charge in [0, 0.05) is 42.3 Å². The van der Waals surface area contributed by atoms with Crippen LogP contribution in [0.4, 0.5) is 11.4 Å². The van der Waals surface area contributed by atoms with E-state index >= 15 is 0 Å². The summed E-state index contributed by atoms with van der Waals surface area (Å²) >= 11 is 3.53. The number of anilines is 2. The second kappa shape index (κ2) is 5.74. The molecular formula is C15H19BrN2O2. The van der Waals surface area contributed by atoms with Crippen molar-refractivity contribution in [1.29, 1.82) is 0 Å². The van der Waals surface area contributed by atoms with Crippen molar-refractivity contribution in [1.82, 2.24) is 0 Å². The van der Waals surface area contributed by atoms with Crippen LogP contribution in [0.5, 0.6) is 0 Å². The minimum atomic E-state index is 0.203. The van der Waals surface area contributed by atoms with Crippen LogP contribution in [0.3, 0.4) is 0 Å². The summed E-state index contributed by atoms with van der Waals surface area (Å²) in [5.41, 5.74) is 3.41. The van der Waals surface area contributed by atoms with Crippen LogP contribution < -0.4 is 9.80 Å². The average molecular weight is 339 g/mol. The number of hydrogen-bond donors (Lipinski definition) is 0.